The Morgan fingerprint density at radius 2 is 2.19 bits per heavy atom. The van der Waals surface area contributed by atoms with Crippen molar-refractivity contribution >= 4 is 39.4 Å². The molecule has 0 bridgehead atoms. The molecule has 116 valence electrons. The molecule has 1 rings (SSSR count). The van der Waals surface area contributed by atoms with E-state index in [1.54, 1.807) is 4.72 Å². The molecule has 0 aliphatic heterocycles. The van der Waals surface area contributed by atoms with E-state index in [0.29, 0.717) is 0 Å². The third-order valence-corrected chi connectivity index (χ3v) is 3.26. The molecule has 21 heavy (non-hydrogen) atoms. The first-order chi connectivity index (χ1) is 9.79. The molecule has 0 saturated carbocycles. The van der Waals surface area contributed by atoms with Gasteiger partial charge in [0, 0.05) is 10.6 Å². The molecule has 0 spiro atoms. The molecule has 11 heteroatoms. The summed E-state index contributed by atoms with van der Waals surface area (Å²) >= 11 is 5.76. The number of nitrogens with two attached hydrogens (primary N) is 1. The summed E-state index contributed by atoms with van der Waals surface area (Å²) in [5.41, 5.74) is 5.43. The van der Waals surface area contributed by atoms with Crippen LogP contribution in [0.1, 0.15) is 12.5 Å². The minimum Gasteiger partial charge on any atom is -0.449 e. The van der Waals surface area contributed by atoms with Crippen molar-refractivity contribution in [1.82, 2.24) is 4.72 Å². The molecule has 0 saturated heterocycles. The topological polar surface area (TPSA) is 143 Å². The number of amides is 1. The second kappa shape index (κ2) is 6.99. The van der Waals surface area contributed by atoms with Gasteiger partial charge in [-0.3, -0.25) is 4.72 Å². The first-order valence-electron chi connectivity index (χ1n) is 5.53. The zero-order chi connectivity index (χ0) is 16.0. The maximum Gasteiger partial charge on any atom is 0.422 e. The summed E-state index contributed by atoms with van der Waals surface area (Å²) in [5, 5.41) is 11.6. The number of hydrogen-bond donors (Lipinski definition) is 4. The Bertz CT molecular complexity index is 661. The molecule has 5 N–H and O–H groups in total. The third kappa shape index (κ3) is 5.00. The predicted molar refractivity (Wildman–Crippen MR) is 76.7 cm³/mol. The molecule has 0 radical (unpaired) electrons. The van der Waals surface area contributed by atoms with E-state index < -0.39 is 16.3 Å². The van der Waals surface area contributed by atoms with Crippen LogP contribution >= 0.6 is 11.6 Å². The maximum absolute atomic E-state index is 11.8. The molecular weight excluding hydrogens is 324 g/mol. The zero-order valence-electron chi connectivity index (χ0n) is 10.8. The van der Waals surface area contributed by atoms with Crippen LogP contribution < -0.4 is 15.2 Å². The summed E-state index contributed by atoms with van der Waals surface area (Å²) in [6.07, 6.45) is -1.14. The summed E-state index contributed by atoms with van der Waals surface area (Å²) in [4.78, 5) is 11.1. The third-order valence-electron chi connectivity index (χ3n) is 2.10. The monoisotopic (exact) mass is 336 g/mol. The van der Waals surface area contributed by atoms with E-state index >= 15 is 0 Å². The number of carbonyl (C=O) groups is 1. The number of ether oxygens (including phenoxy) is 1. The summed E-state index contributed by atoms with van der Waals surface area (Å²) in [7, 11) is -4.26. The van der Waals surface area contributed by atoms with Gasteiger partial charge in [-0.25, -0.2) is 9.52 Å². The number of amidine groups is 1. The fraction of sp³-hybridized carbons (Fsp3) is 0.200. The van der Waals surface area contributed by atoms with Crippen LogP contribution in [0.3, 0.4) is 0 Å². The number of anilines is 1. The predicted octanol–water partition coefficient (Wildman–Crippen LogP) is 0.837. The van der Waals surface area contributed by atoms with E-state index in [2.05, 4.69) is 9.89 Å². The number of benzene rings is 1. The molecule has 0 aliphatic rings. The maximum atomic E-state index is 11.8. The first kappa shape index (κ1) is 16.9. The van der Waals surface area contributed by atoms with Crippen LogP contribution in [0.2, 0.25) is 5.02 Å². The number of halogens is 1. The molecule has 0 fully saturated rings. The number of carbonyl (C=O) groups excluding carboxylic acids is 1. The van der Waals surface area contributed by atoms with Crippen LogP contribution in [0, 0.1) is 0 Å². The highest BCUT2D eigenvalue weighted by Crippen LogP contribution is 2.21. The minimum atomic E-state index is -4.26. The van der Waals surface area contributed by atoms with Gasteiger partial charge in [0.1, 0.15) is 0 Å². The van der Waals surface area contributed by atoms with Gasteiger partial charge in [0.15, 0.2) is 5.84 Å². The van der Waals surface area contributed by atoms with Gasteiger partial charge in [-0.1, -0.05) is 16.8 Å². The van der Waals surface area contributed by atoms with Crippen molar-refractivity contribution < 1.29 is 23.2 Å². The SMILES string of the molecule is CCOC(=O)NS(=O)(=O)Nc1cc(Cl)ccc1/C(N)=N/O. The number of hydrogen-bond acceptors (Lipinski definition) is 6. The fourth-order valence-electron chi connectivity index (χ4n) is 1.32. The zero-order valence-corrected chi connectivity index (χ0v) is 12.4. The molecule has 1 aromatic carbocycles. The molecule has 1 aromatic rings. The lowest BCUT2D eigenvalue weighted by Crippen LogP contribution is -2.36. The van der Waals surface area contributed by atoms with Crippen LogP contribution in [0.4, 0.5) is 10.5 Å². The Balaban J connectivity index is 3.06. The summed E-state index contributed by atoms with van der Waals surface area (Å²) in [5.74, 6) is -0.333. The van der Waals surface area contributed by atoms with Crippen molar-refractivity contribution in [2.24, 2.45) is 10.9 Å². The van der Waals surface area contributed by atoms with Crippen LogP contribution in [-0.2, 0) is 14.9 Å². The summed E-state index contributed by atoms with van der Waals surface area (Å²) < 4.78 is 31.6. The number of nitrogens with one attached hydrogen (secondary N) is 2. The lowest BCUT2D eigenvalue weighted by Gasteiger charge is -2.12. The normalized spacial score (nSPS) is 11.8. The van der Waals surface area contributed by atoms with Gasteiger partial charge in [-0.05, 0) is 25.1 Å². The highest BCUT2D eigenvalue weighted by Gasteiger charge is 2.18. The summed E-state index contributed by atoms with van der Waals surface area (Å²) in [6, 6.07) is 4.00. The van der Waals surface area contributed by atoms with Crippen LogP contribution in [-0.4, -0.2) is 32.2 Å². The van der Waals surface area contributed by atoms with Gasteiger partial charge >= 0.3 is 16.3 Å². The van der Waals surface area contributed by atoms with Crippen LogP contribution in [0.15, 0.2) is 23.4 Å². The second-order valence-corrected chi connectivity index (χ2v) is 5.45. The van der Waals surface area contributed by atoms with Gasteiger partial charge in [0.2, 0.25) is 0 Å². The Labute approximate surface area is 125 Å². The average molecular weight is 337 g/mol. The van der Waals surface area contributed by atoms with E-state index in [-0.39, 0.29) is 28.7 Å². The van der Waals surface area contributed by atoms with Gasteiger partial charge in [-0.15, -0.1) is 0 Å². The van der Waals surface area contributed by atoms with Crippen molar-refractivity contribution in [3.8, 4) is 0 Å². The molecule has 0 atom stereocenters. The van der Waals surface area contributed by atoms with Crippen molar-refractivity contribution in [2.45, 2.75) is 6.92 Å². The number of rotatable bonds is 5. The Morgan fingerprint density at radius 1 is 1.52 bits per heavy atom. The highest BCUT2D eigenvalue weighted by molar-refractivity contribution is 7.91. The average Bonchev–Trinajstić information content (AvgIpc) is 2.37. The van der Waals surface area contributed by atoms with Gasteiger partial charge in [0.25, 0.3) is 0 Å². The van der Waals surface area contributed by atoms with Gasteiger partial charge < -0.3 is 15.7 Å². The smallest absolute Gasteiger partial charge is 0.422 e. The quantitative estimate of drug-likeness (QED) is 0.271. The van der Waals surface area contributed by atoms with E-state index in [1.807, 2.05) is 4.72 Å². The van der Waals surface area contributed by atoms with Gasteiger partial charge in [-0.2, -0.15) is 8.42 Å². The molecule has 0 unspecified atom stereocenters. The number of oxime groups is 1. The highest BCUT2D eigenvalue weighted by atomic mass is 35.5. The molecular formula is C10H13ClN4O5S. The van der Waals surface area contributed by atoms with E-state index in [1.165, 1.54) is 25.1 Å². The Hall–Kier alpha value is -2.20. The summed E-state index contributed by atoms with van der Waals surface area (Å²) in [6.45, 7) is 1.53. The van der Waals surface area contributed by atoms with Crippen LogP contribution in [0.25, 0.3) is 0 Å². The first-order valence-corrected chi connectivity index (χ1v) is 7.40. The van der Waals surface area contributed by atoms with Crippen LogP contribution in [0.5, 0.6) is 0 Å². The van der Waals surface area contributed by atoms with Crippen molar-refractivity contribution in [3.05, 3.63) is 28.8 Å². The largest absolute Gasteiger partial charge is 0.449 e. The van der Waals surface area contributed by atoms with Crippen molar-refractivity contribution in [3.63, 3.8) is 0 Å². The Kier molecular flexibility index (Phi) is 5.61. The van der Waals surface area contributed by atoms with Gasteiger partial charge in [0.05, 0.1) is 12.3 Å². The Morgan fingerprint density at radius 3 is 2.76 bits per heavy atom. The van der Waals surface area contributed by atoms with E-state index in [9.17, 15) is 13.2 Å². The standard InChI is InChI=1S/C10H13ClN4O5S/c1-2-20-10(16)15-21(18,19)14-8-5-6(11)3-4-7(8)9(12)13-17/h3-5,14,17H,2H2,1H3,(H2,12,13)(H,15,16). The molecule has 0 aliphatic carbocycles. The minimum absolute atomic E-state index is 0.00782. The van der Waals surface area contributed by atoms with E-state index in [4.69, 9.17) is 22.5 Å². The van der Waals surface area contributed by atoms with Crippen molar-refractivity contribution in [2.75, 3.05) is 11.3 Å². The second-order valence-electron chi connectivity index (χ2n) is 3.60. The molecule has 0 heterocycles. The lowest BCUT2D eigenvalue weighted by molar-refractivity contribution is 0.159. The fourth-order valence-corrected chi connectivity index (χ4v) is 2.28. The lowest BCUT2D eigenvalue weighted by atomic mass is 10.1. The molecule has 9 nitrogen and oxygen atoms in total. The van der Waals surface area contributed by atoms with E-state index in [0.717, 1.165) is 0 Å². The molecule has 1 amide bonds. The number of nitrogens with zero attached hydrogens (tertiary/aromatic N) is 1. The molecule has 0 aromatic heterocycles. The van der Waals surface area contributed by atoms with Crippen molar-refractivity contribution in [1.29, 1.82) is 0 Å².